The number of para-hydroxylation sites is 1. The van der Waals surface area contributed by atoms with Crippen LogP contribution in [-0.4, -0.2) is 60.4 Å². The maximum absolute atomic E-state index is 12.5. The van der Waals surface area contributed by atoms with Crippen LogP contribution in [0.2, 0.25) is 0 Å². The Morgan fingerprint density at radius 2 is 1.77 bits per heavy atom. The monoisotopic (exact) mass is 642 g/mol. The molecule has 0 spiro atoms. The highest BCUT2D eigenvalue weighted by molar-refractivity contribution is 7.63. The molecule has 0 radical (unpaired) electrons. The minimum absolute atomic E-state index is 0.0777. The number of aromatic nitrogens is 2. The number of hydrogen-bond donors (Lipinski definition) is 5. The molecular formula is C23H24N4O14P2. The van der Waals surface area contributed by atoms with Crippen LogP contribution in [0, 0.1) is 10.1 Å². The zero-order valence-electron chi connectivity index (χ0n) is 21.7. The lowest BCUT2D eigenvalue weighted by molar-refractivity contribution is -0.384. The number of aliphatic hydroxyl groups is 1. The van der Waals surface area contributed by atoms with E-state index in [2.05, 4.69) is 9.63 Å². The topological polar surface area (TPSA) is 259 Å². The number of phosphoric acid groups is 1. The molecule has 20 heteroatoms. The van der Waals surface area contributed by atoms with Crippen molar-refractivity contribution in [2.24, 2.45) is 0 Å². The summed E-state index contributed by atoms with van der Waals surface area (Å²) in [4.78, 5) is 68.7. The molecule has 1 saturated heterocycles. The maximum atomic E-state index is 12.5. The normalized spacial score (nSPS) is 22.7. The number of carbonyl (C=O) groups is 1. The number of hydrogen-bond acceptors (Lipinski definition) is 12. The van der Waals surface area contributed by atoms with Gasteiger partial charge in [0.25, 0.3) is 11.2 Å². The lowest BCUT2D eigenvalue weighted by Crippen LogP contribution is -2.41. The highest BCUT2D eigenvalue weighted by atomic mass is 31.3. The Bertz CT molecular complexity index is 1680. The quantitative estimate of drug-likeness (QED) is 0.114. The minimum atomic E-state index is -5.30. The van der Waals surface area contributed by atoms with Crippen LogP contribution in [0.4, 0.5) is 16.2 Å². The molecule has 5 N–H and O–H groups in total. The fourth-order valence-corrected chi connectivity index (χ4v) is 6.68. The molecule has 1 aliphatic heterocycles. The van der Waals surface area contributed by atoms with Gasteiger partial charge in [-0.25, -0.2) is 18.5 Å². The molecule has 230 valence electrons. The van der Waals surface area contributed by atoms with Crippen LogP contribution in [0.25, 0.3) is 0 Å². The van der Waals surface area contributed by atoms with E-state index in [0.29, 0.717) is 5.69 Å². The van der Waals surface area contributed by atoms with Gasteiger partial charge >= 0.3 is 27.2 Å². The van der Waals surface area contributed by atoms with Crippen molar-refractivity contribution in [3.05, 3.63) is 103 Å². The van der Waals surface area contributed by atoms with Crippen molar-refractivity contribution in [3.8, 4) is 0 Å². The molecule has 3 unspecified atom stereocenters. The fourth-order valence-electron chi connectivity index (χ4n) is 3.96. The number of nitro benzene ring substituents is 1. The van der Waals surface area contributed by atoms with E-state index in [1.807, 2.05) is 4.98 Å². The molecule has 1 fully saturated rings. The van der Waals surface area contributed by atoms with Crippen molar-refractivity contribution < 1.29 is 52.0 Å². The predicted molar refractivity (Wildman–Crippen MR) is 145 cm³/mol. The second kappa shape index (κ2) is 13.1. The van der Waals surface area contributed by atoms with Gasteiger partial charge in [0.2, 0.25) is 0 Å². The van der Waals surface area contributed by atoms with Crippen molar-refractivity contribution in [3.63, 3.8) is 0 Å². The van der Waals surface area contributed by atoms with E-state index in [-0.39, 0.29) is 11.3 Å². The van der Waals surface area contributed by atoms with Crippen LogP contribution < -0.4 is 16.6 Å². The second-order valence-electron chi connectivity index (χ2n) is 9.00. The fraction of sp³-hybridized carbons (Fsp3) is 0.261. The van der Waals surface area contributed by atoms with Crippen molar-refractivity contribution in [2.45, 2.75) is 30.7 Å². The van der Waals surface area contributed by atoms with E-state index >= 15 is 0 Å². The SMILES string of the molecule is O=C(Nc1ccccc1)O[C@H]1C(O)[C@@H](COP(=O)(O)OP(=O)(O)Cc2ccc([N+](=O)[O-])cc2)O[C@H]1n1ccc(=O)[nH]c1=O. The number of benzene rings is 2. The molecule has 0 saturated carbocycles. The summed E-state index contributed by atoms with van der Waals surface area (Å²) in [6.45, 7) is -0.957. The summed E-state index contributed by atoms with van der Waals surface area (Å²) in [6, 6.07) is 13.4. The first-order valence-electron chi connectivity index (χ1n) is 12.1. The molecule has 6 atom stereocenters. The number of phosphoric ester groups is 1. The summed E-state index contributed by atoms with van der Waals surface area (Å²) in [5, 5.41) is 24.0. The summed E-state index contributed by atoms with van der Waals surface area (Å²) < 4.78 is 45.9. The van der Waals surface area contributed by atoms with Crippen LogP contribution in [0.3, 0.4) is 0 Å². The van der Waals surface area contributed by atoms with Gasteiger partial charge in [-0.1, -0.05) is 30.3 Å². The summed E-state index contributed by atoms with van der Waals surface area (Å²) in [6.07, 6.45) is -7.38. The third-order valence-corrected chi connectivity index (χ3v) is 8.95. The number of nitrogens with zero attached hydrogens (tertiary/aromatic N) is 2. The van der Waals surface area contributed by atoms with Crippen LogP contribution in [-0.2, 0) is 33.6 Å². The summed E-state index contributed by atoms with van der Waals surface area (Å²) in [7, 11) is -10.2. The van der Waals surface area contributed by atoms with Gasteiger partial charge in [0.05, 0.1) is 17.7 Å². The predicted octanol–water partition coefficient (Wildman–Crippen LogP) is 1.84. The van der Waals surface area contributed by atoms with Crippen LogP contribution in [0.1, 0.15) is 11.8 Å². The van der Waals surface area contributed by atoms with Crippen molar-refractivity contribution >= 4 is 32.9 Å². The number of H-pyrrole nitrogens is 1. The Balaban J connectivity index is 1.45. The van der Waals surface area contributed by atoms with E-state index < -0.39 is 75.0 Å². The molecule has 1 aromatic heterocycles. The average molecular weight is 642 g/mol. The number of nitro groups is 1. The first-order chi connectivity index (χ1) is 20.2. The average Bonchev–Trinajstić information content (AvgIpc) is 3.22. The molecule has 1 amide bonds. The van der Waals surface area contributed by atoms with Gasteiger partial charge in [0, 0.05) is 30.1 Å². The van der Waals surface area contributed by atoms with Crippen LogP contribution >= 0.6 is 15.4 Å². The minimum Gasteiger partial charge on any atom is -0.438 e. The Morgan fingerprint density at radius 1 is 1.09 bits per heavy atom. The van der Waals surface area contributed by atoms with Gasteiger partial charge in [-0.2, -0.15) is 0 Å². The smallest absolute Gasteiger partial charge is 0.438 e. The third kappa shape index (κ3) is 8.53. The standard InChI is InChI=1S/C23H24N4O14P2/c28-18-10-11-26(22(30)25-18)21-20(40-23(31)24-15-4-2-1-3-5-15)19(29)17(39-21)12-38-43(36,37)41-42(34,35)13-14-6-8-16(9-7-14)27(32)33/h1-11,17,19-21,29H,12-13H2,(H,24,31)(H,34,35)(H,36,37)(H,25,28,30)/t17-,19?,20+,21-/m1/s1. The first-order valence-corrected chi connectivity index (χ1v) is 15.4. The summed E-state index contributed by atoms with van der Waals surface area (Å²) in [5.41, 5.74) is -1.62. The summed E-state index contributed by atoms with van der Waals surface area (Å²) in [5.74, 6) is 0. The molecule has 1 aliphatic rings. The Labute approximate surface area is 240 Å². The zero-order valence-corrected chi connectivity index (χ0v) is 23.5. The van der Waals surface area contributed by atoms with Crippen molar-refractivity contribution in [1.82, 2.24) is 9.55 Å². The number of anilines is 1. The van der Waals surface area contributed by atoms with Crippen molar-refractivity contribution in [2.75, 3.05) is 11.9 Å². The van der Waals surface area contributed by atoms with Crippen LogP contribution in [0.5, 0.6) is 0 Å². The number of carbonyl (C=O) groups excluding carboxylic acids is 1. The van der Waals surface area contributed by atoms with Gasteiger partial charge in [0.1, 0.15) is 12.2 Å². The lowest BCUT2D eigenvalue weighted by Gasteiger charge is -2.22. The number of ether oxygens (including phenoxy) is 2. The largest absolute Gasteiger partial charge is 0.479 e. The number of amides is 1. The van der Waals surface area contributed by atoms with Gasteiger partial charge in [-0.3, -0.25) is 38.9 Å². The van der Waals surface area contributed by atoms with Crippen LogP contribution in [0.15, 0.2) is 76.4 Å². The van der Waals surface area contributed by atoms with Gasteiger partial charge in [0.15, 0.2) is 12.3 Å². The third-order valence-electron chi connectivity index (χ3n) is 5.86. The van der Waals surface area contributed by atoms with E-state index in [1.54, 1.807) is 30.3 Å². The molecule has 0 aliphatic carbocycles. The number of non-ortho nitro benzene ring substituents is 1. The number of aromatic amines is 1. The van der Waals surface area contributed by atoms with E-state index in [1.165, 1.54) is 0 Å². The van der Waals surface area contributed by atoms with Crippen molar-refractivity contribution in [1.29, 1.82) is 0 Å². The number of nitrogens with one attached hydrogen (secondary N) is 2. The highest BCUT2D eigenvalue weighted by Crippen LogP contribution is 2.61. The Kier molecular flexibility index (Phi) is 9.74. The second-order valence-corrected chi connectivity index (χ2v) is 12.4. The molecule has 18 nitrogen and oxygen atoms in total. The van der Waals surface area contributed by atoms with E-state index in [4.69, 9.17) is 14.0 Å². The molecule has 43 heavy (non-hydrogen) atoms. The maximum Gasteiger partial charge on any atom is 0.479 e. The van der Waals surface area contributed by atoms with Gasteiger partial charge in [-0.05, 0) is 17.7 Å². The number of rotatable bonds is 11. The zero-order chi connectivity index (χ0) is 31.4. The lowest BCUT2D eigenvalue weighted by atomic mass is 10.1. The van der Waals surface area contributed by atoms with E-state index in [0.717, 1.165) is 41.1 Å². The molecule has 2 aromatic carbocycles. The molecule has 3 aromatic rings. The molecule has 2 heterocycles. The molecule has 4 rings (SSSR count). The molecule has 0 bridgehead atoms. The Morgan fingerprint density at radius 3 is 2.40 bits per heavy atom. The first kappa shape index (κ1) is 31.9. The van der Waals surface area contributed by atoms with E-state index in [9.17, 15) is 48.5 Å². The number of aliphatic hydroxyl groups excluding tert-OH is 1. The Hall–Kier alpha value is -3.99. The summed E-state index contributed by atoms with van der Waals surface area (Å²) >= 11 is 0. The van der Waals surface area contributed by atoms with Gasteiger partial charge in [-0.15, -0.1) is 0 Å². The molecular weight excluding hydrogens is 618 g/mol. The highest BCUT2D eigenvalue weighted by Gasteiger charge is 2.49. The van der Waals surface area contributed by atoms with Gasteiger partial charge < -0.3 is 24.4 Å².